The monoisotopic (exact) mass is 290 g/mol. The highest BCUT2D eigenvalue weighted by atomic mass is 35.5. The first-order valence-electron chi connectivity index (χ1n) is 6.67. The van der Waals surface area contributed by atoms with Gasteiger partial charge in [-0.1, -0.05) is 35.9 Å². The van der Waals surface area contributed by atoms with Gasteiger partial charge in [0.2, 0.25) is 0 Å². The number of nitrogens with zero attached hydrogens (tertiary/aromatic N) is 2. The molecule has 0 bridgehead atoms. The van der Waals surface area contributed by atoms with E-state index in [0.717, 1.165) is 23.6 Å². The second-order valence-corrected chi connectivity index (χ2v) is 5.34. The van der Waals surface area contributed by atoms with E-state index in [4.69, 9.17) is 11.6 Å². The summed E-state index contributed by atoms with van der Waals surface area (Å²) in [5.74, 6) is -0.0816. The molecule has 1 aliphatic heterocycles. The predicted octanol–water partition coefficient (Wildman–Crippen LogP) is 2.49. The van der Waals surface area contributed by atoms with E-state index in [1.807, 2.05) is 24.3 Å². The summed E-state index contributed by atoms with van der Waals surface area (Å²) >= 11 is 6.07. The van der Waals surface area contributed by atoms with Crippen molar-refractivity contribution in [2.45, 2.75) is 18.9 Å². The maximum absolute atomic E-state index is 12.7. The van der Waals surface area contributed by atoms with E-state index in [9.17, 15) is 9.90 Å². The fourth-order valence-corrected chi connectivity index (χ4v) is 2.99. The van der Waals surface area contributed by atoms with Gasteiger partial charge >= 0.3 is 0 Å². The maximum Gasteiger partial charge on any atom is 0.256 e. The van der Waals surface area contributed by atoms with Gasteiger partial charge in [-0.15, -0.1) is 0 Å². The number of carbonyl (C=O) groups is 1. The van der Waals surface area contributed by atoms with E-state index in [1.165, 1.54) is 6.20 Å². The van der Waals surface area contributed by atoms with Crippen molar-refractivity contribution in [3.63, 3.8) is 0 Å². The number of aromatic nitrogens is 1. The third-order valence-electron chi connectivity index (χ3n) is 3.83. The Hall–Kier alpha value is -1.65. The number of amides is 1. The smallest absolute Gasteiger partial charge is 0.256 e. The molecule has 1 aromatic carbocycles. The minimum Gasteiger partial charge on any atom is -0.394 e. The normalized spacial score (nSPS) is 18.7. The molecule has 4 nitrogen and oxygen atoms in total. The van der Waals surface area contributed by atoms with Crippen LogP contribution in [0.4, 0.5) is 0 Å². The number of hydrogen-bond donors (Lipinski definition) is 1. The van der Waals surface area contributed by atoms with Crippen LogP contribution in [0.25, 0.3) is 10.8 Å². The molecule has 1 N–H and O–H groups in total. The molecule has 20 heavy (non-hydrogen) atoms. The fraction of sp³-hybridized carbons (Fsp3) is 0.333. The number of likely N-dealkylation sites (tertiary alicyclic amines) is 1. The zero-order chi connectivity index (χ0) is 14.1. The second-order valence-electron chi connectivity index (χ2n) is 4.99. The van der Waals surface area contributed by atoms with Gasteiger partial charge in [-0.05, 0) is 18.2 Å². The molecule has 1 aliphatic rings. The summed E-state index contributed by atoms with van der Waals surface area (Å²) in [5.41, 5.74) is 0.547. The van der Waals surface area contributed by atoms with E-state index in [-0.39, 0.29) is 18.6 Å². The lowest BCUT2D eigenvalue weighted by Crippen LogP contribution is -2.37. The molecule has 1 amide bonds. The molecule has 0 unspecified atom stereocenters. The van der Waals surface area contributed by atoms with Crippen molar-refractivity contribution in [1.82, 2.24) is 9.88 Å². The van der Waals surface area contributed by atoms with Crippen LogP contribution < -0.4 is 0 Å². The molecule has 104 valence electrons. The van der Waals surface area contributed by atoms with Crippen LogP contribution in [0.1, 0.15) is 23.2 Å². The molecule has 1 atom stereocenters. The van der Waals surface area contributed by atoms with E-state index in [2.05, 4.69) is 4.98 Å². The molecule has 2 aromatic rings. The van der Waals surface area contributed by atoms with Crippen molar-refractivity contribution in [3.8, 4) is 0 Å². The largest absolute Gasteiger partial charge is 0.394 e. The number of benzene rings is 1. The Labute approximate surface area is 122 Å². The molecule has 2 heterocycles. The third kappa shape index (κ3) is 2.15. The van der Waals surface area contributed by atoms with E-state index in [1.54, 1.807) is 4.90 Å². The highest BCUT2D eigenvalue weighted by molar-refractivity contribution is 6.34. The first-order chi connectivity index (χ1) is 9.72. The maximum atomic E-state index is 12.7. The number of pyridine rings is 1. The van der Waals surface area contributed by atoms with Crippen LogP contribution in [0.2, 0.25) is 5.15 Å². The Balaban J connectivity index is 2.06. The minimum absolute atomic E-state index is 0.00465. The van der Waals surface area contributed by atoms with Gasteiger partial charge < -0.3 is 10.0 Å². The molecule has 0 saturated carbocycles. The molecule has 5 heteroatoms. The summed E-state index contributed by atoms with van der Waals surface area (Å²) < 4.78 is 0. The first kappa shape index (κ1) is 13.3. The Morgan fingerprint density at radius 2 is 2.15 bits per heavy atom. The minimum atomic E-state index is -0.0862. The summed E-state index contributed by atoms with van der Waals surface area (Å²) in [4.78, 5) is 18.5. The highest BCUT2D eigenvalue weighted by Gasteiger charge is 2.29. The number of halogens is 1. The van der Waals surface area contributed by atoms with Crippen LogP contribution in [0, 0.1) is 0 Å². The number of aliphatic hydroxyl groups excluding tert-OH is 1. The quantitative estimate of drug-likeness (QED) is 0.865. The van der Waals surface area contributed by atoms with Gasteiger partial charge in [-0.2, -0.15) is 0 Å². The molecular formula is C15H15ClN2O2. The van der Waals surface area contributed by atoms with Gasteiger partial charge in [-0.3, -0.25) is 4.79 Å². The van der Waals surface area contributed by atoms with E-state index >= 15 is 0 Å². The molecule has 1 saturated heterocycles. The van der Waals surface area contributed by atoms with Gasteiger partial charge in [0.15, 0.2) is 0 Å². The molecular weight excluding hydrogens is 276 g/mol. The zero-order valence-electron chi connectivity index (χ0n) is 10.9. The van der Waals surface area contributed by atoms with Gasteiger partial charge in [-0.25, -0.2) is 4.98 Å². The Kier molecular flexibility index (Phi) is 3.59. The molecule has 0 radical (unpaired) electrons. The summed E-state index contributed by atoms with van der Waals surface area (Å²) in [6.07, 6.45) is 3.30. The molecule has 0 aliphatic carbocycles. The third-order valence-corrected chi connectivity index (χ3v) is 4.13. The van der Waals surface area contributed by atoms with Crippen LogP contribution in [-0.4, -0.2) is 40.1 Å². The van der Waals surface area contributed by atoms with Gasteiger partial charge in [0.1, 0.15) is 5.15 Å². The number of rotatable bonds is 2. The SMILES string of the molecule is O=C(c1cnc(Cl)c2ccccc12)N1CCC[C@H]1CO. The number of hydrogen-bond acceptors (Lipinski definition) is 3. The van der Waals surface area contributed by atoms with Gasteiger partial charge in [0, 0.05) is 18.1 Å². The van der Waals surface area contributed by atoms with Gasteiger partial charge in [0.05, 0.1) is 18.2 Å². The lowest BCUT2D eigenvalue weighted by molar-refractivity contribution is 0.0679. The van der Waals surface area contributed by atoms with Crippen molar-refractivity contribution >= 4 is 28.3 Å². The van der Waals surface area contributed by atoms with E-state index in [0.29, 0.717) is 17.3 Å². The lowest BCUT2D eigenvalue weighted by Gasteiger charge is -2.23. The second kappa shape index (κ2) is 5.38. The van der Waals surface area contributed by atoms with Gasteiger partial charge in [0.25, 0.3) is 5.91 Å². The first-order valence-corrected chi connectivity index (χ1v) is 7.05. The van der Waals surface area contributed by atoms with Crippen molar-refractivity contribution in [1.29, 1.82) is 0 Å². The van der Waals surface area contributed by atoms with Crippen LogP contribution in [0.15, 0.2) is 30.5 Å². The number of carbonyl (C=O) groups excluding carboxylic acids is 1. The highest BCUT2D eigenvalue weighted by Crippen LogP contribution is 2.27. The number of aliphatic hydroxyl groups is 1. The average molecular weight is 291 g/mol. The summed E-state index contributed by atoms with van der Waals surface area (Å²) in [6, 6.07) is 7.39. The van der Waals surface area contributed by atoms with Crippen LogP contribution >= 0.6 is 11.6 Å². The summed E-state index contributed by atoms with van der Waals surface area (Å²) in [7, 11) is 0. The van der Waals surface area contributed by atoms with Crippen LogP contribution in [-0.2, 0) is 0 Å². The average Bonchev–Trinajstić information content (AvgIpc) is 2.96. The standard InChI is InChI=1S/C15H15ClN2O2/c16-14-12-6-2-1-5-11(12)13(8-17-14)15(20)18-7-3-4-10(18)9-19/h1-2,5-6,8,10,19H,3-4,7,9H2/t10-/m0/s1. The van der Waals surface area contributed by atoms with Crippen molar-refractivity contribution in [3.05, 3.63) is 41.2 Å². The van der Waals surface area contributed by atoms with Crippen molar-refractivity contribution in [2.24, 2.45) is 0 Å². The molecule has 1 fully saturated rings. The zero-order valence-corrected chi connectivity index (χ0v) is 11.7. The van der Waals surface area contributed by atoms with Crippen molar-refractivity contribution in [2.75, 3.05) is 13.2 Å². The molecule has 0 spiro atoms. The fourth-order valence-electron chi connectivity index (χ4n) is 2.78. The summed E-state index contributed by atoms with van der Waals surface area (Å²) in [5, 5.41) is 11.3. The lowest BCUT2D eigenvalue weighted by atomic mass is 10.1. The summed E-state index contributed by atoms with van der Waals surface area (Å²) in [6.45, 7) is 0.686. The van der Waals surface area contributed by atoms with E-state index < -0.39 is 0 Å². The Bertz CT molecular complexity index is 659. The molecule has 3 rings (SSSR count). The Morgan fingerprint density at radius 1 is 1.40 bits per heavy atom. The van der Waals surface area contributed by atoms with Crippen molar-refractivity contribution < 1.29 is 9.90 Å². The predicted molar refractivity (Wildman–Crippen MR) is 77.9 cm³/mol. The number of fused-ring (bicyclic) bond motifs is 1. The molecule has 1 aromatic heterocycles. The van der Waals surface area contributed by atoms with Crippen LogP contribution in [0.5, 0.6) is 0 Å². The van der Waals surface area contributed by atoms with Crippen LogP contribution in [0.3, 0.4) is 0 Å². The Morgan fingerprint density at radius 3 is 2.90 bits per heavy atom. The topological polar surface area (TPSA) is 53.4 Å².